The number of aryl methyl sites for hydroxylation is 1. The van der Waals surface area contributed by atoms with Gasteiger partial charge in [-0.1, -0.05) is 103 Å². The first-order valence-corrected chi connectivity index (χ1v) is 37.0. The maximum Gasteiger partial charge on any atom is 0.399 e. The van der Waals surface area contributed by atoms with Crippen molar-refractivity contribution in [3.05, 3.63) is 184 Å². The van der Waals surface area contributed by atoms with E-state index >= 15 is 4.79 Å². The van der Waals surface area contributed by atoms with Crippen LogP contribution in [0.25, 0.3) is 21.3 Å². The van der Waals surface area contributed by atoms with Crippen molar-refractivity contribution in [1.82, 2.24) is 50.8 Å². The number of primary amides is 1. The van der Waals surface area contributed by atoms with E-state index in [-0.39, 0.29) is 93.0 Å². The Bertz CT molecular complexity index is 4370. The Morgan fingerprint density at radius 1 is 0.767 bits per heavy atom. The van der Waals surface area contributed by atoms with Crippen LogP contribution in [0.2, 0.25) is 0 Å². The highest BCUT2D eigenvalue weighted by atomic mass is 32.1. The first kappa shape index (κ1) is 74.2. The number of H-pyrrole nitrogens is 1. The van der Waals surface area contributed by atoms with Gasteiger partial charge in [-0.2, -0.15) is 8.78 Å². The zero-order chi connectivity index (χ0) is 73.3. The number of alkyl halides is 2. The lowest BCUT2D eigenvalue weighted by Crippen LogP contribution is -2.62. The van der Waals surface area contributed by atoms with Crippen molar-refractivity contribution in [3.8, 4) is 22.3 Å². The molecule has 10 N–H and O–H groups in total. The number of hydrogen-bond donors (Lipinski definition) is 9. The van der Waals surface area contributed by atoms with Crippen LogP contribution >= 0.6 is 18.9 Å². The minimum atomic E-state index is -5.96. The third kappa shape index (κ3) is 17.4. The molecule has 0 bridgehead atoms. The van der Waals surface area contributed by atoms with Crippen molar-refractivity contribution in [2.75, 3.05) is 26.2 Å². The van der Waals surface area contributed by atoms with Gasteiger partial charge in [0.2, 0.25) is 41.4 Å². The van der Waals surface area contributed by atoms with E-state index in [1.165, 1.54) is 20.8 Å². The van der Waals surface area contributed by atoms with Gasteiger partial charge in [0.05, 0.1) is 34.3 Å². The number of rotatable bonds is 23. The number of β-amino-alcohol motifs (C(OH)–C–C–N with tert-alkyl or cyclic N) is 1. The van der Waals surface area contributed by atoms with Gasteiger partial charge in [0.25, 0.3) is 11.8 Å². The summed E-state index contributed by atoms with van der Waals surface area (Å²) >= 11 is 1.55. The standard InChI is InChI=1S/C75H82F2N11O13PS/c1-45(48-26-28-51(29-27-48)67-46(2)79-44-103-67)80-71(95)63-41-56(89)42-87(63)74(98)62-20-13-14-37-86(62)72(96)52-24-22-47(23-25-52)15-7-3-4-12-21-65(91)85-38-36-55-31-34-61(70(94)82-58(33-35-64(78)90)68(92)84-66(49-16-8-5-9-17-49)50-18-10-6-11-19-50)88(55)73(97)60(43-85)83-69(93)59-40-53-39-54(30-32-57(53)81-59)75(76,77)102(99,100)101/h5-6,8-11,16-19,22-30,32,39-40,44-45,55-56,58,60-63,66,81,89H,3-4,12-14,20-21,31,33-38,41-43H2,1-2H3,(H2,78,90)(H,80,95)(H,82,94)(H,83,93)(H,84,92)(H2,99,100,101)/t45-,55+,56+,58?,60-,61-,62?,63-/m0/s1. The summed E-state index contributed by atoms with van der Waals surface area (Å²) in [6.07, 6.45) is 2.34. The predicted molar refractivity (Wildman–Crippen MR) is 379 cm³/mol. The van der Waals surface area contributed by atoms with Gasteiger partial charge in [-0.05, 0) is 136 Å². The Kier molecular flexibility index (Phi) is 23.5. The molecule has 2 aromatic heterocycles. The summed E-state index contributed by atoms with van der Waals surface area (Å²) in [5.74, 6) is 1.03. The molecule has 4 saturated heterocycles. The molecule has 6 heterocycles. The highest BCUT2D eigenvalue weighted by Crippen LogP contribution is 2.59. The molecule has 0 spiro atoms. The fourth-order valence-electron chi connectivity index (χ4n) is 14.0. The third-order valence-corrected chi connectivity index (χ3v) is 21.6. The van der Waals surface area contributed by atoms with Gasteiger partial charge >= 0.3 is 13.3 Å². The zero-order valence-electron chi connectivity index (χ0n) is 56.8. The molecule has 4 fully saturated rings. The van der Waals surface area contributed by atoms with E-state index in [1.807, 2.05) is 98.8 Å². The smallest absolute Gasteiger partial charge is 0.391 e. The molecule has 5 aromatic carbocycles. The molecule has 540 valence electrons. The summed E-state index contributed by atoms with van der Waals surface area (Å²) in [5.41, 5.74) is 6.96. The van der Waals surface area contributed by atoms with Gasteiger partial charge in [-0.15, -0.1) is 11.3 Å². The number of nitrogens with two attached hydrogens (primary N) is 1. The molecule has 4 aliphatic heterocycles. The van der Waals surface area contributed by atoms with Crippen molar-refractivity contribution in [1.29, 1.82) is 0 Å². The monoisotopic (exact) mass is 1450 g/mol. The number of halogens is 2. The Hall–Kier alpha value is -9.97. The maximum atomic E-state index is 15.1. The normalized spacial score (nSPS) is 19.9. The molecule has 0 saturated carbocycles. The van der Waals surface area contributed by atoms with Gasteiger partial charge in [-0.25, -0.2) is 4.98 Å². The van der Waals surface area contributed by atoms with Gasteiger partial charge in [0.1, 0.15) is 35.9 Å². The molecule has 2 unspecified atom stereocenters. The van der Waals surface area contributed by atoms with Crippen LogP contribution in [-0.4, -0.2) is 166 Å². The molecule has 4 aliphatic rings. The molecule has 9 amide bonds. The summed E-state index contributed by atoms with van der Waals surface area (Å²) in [6.45, 7) is 3.83. The molecule has 11 rings (SSSR count). The number of carbonyl (C=O) groups excluding carboxylic acids is 9. The maximum absolute atomic E-state index is 15.1. The number of nitrogens with one attached hydrogen (secondary N) is 5. The Morgan fingerprint density at radius 3 is 2.14 bits per heavy atom. The van der Waals surface area contributed by atoms with Crippen molar-refractivity contribution in [2.45, 2.75) is 157 Å². The van der Waals surface area contributed by atoms with E-state index in [9.17, 15) is 66.6 Å². The molecular formula is C75H82F2N11O13PS. The van der Waals surface area contributed by atoms with Crippen LogP contribution < -0.4 is 27.0 Å². The van der Waals surface area contributed by atoms with Gasteiger partial charge in [-0.3, -0.25) is 47.7 Å². The van der Waals surface area contributed by atoms with Gasteiger partial charge in [0, 0.05) is 85.5 Å². The summed E-state index contributed by atoms with van der Waals surface area (Å²) in [4.78, 5) is 160. The van der Waals surface area contributed by atoms with Crippen LogP contribution in [0.3, 0.4) is 0 Å². The largest absolute Gasteiger partial charge is 0.399 e. The number of fused-ring (bicyclic) bond motifs is 2. The van der Waals surface area contributed by atoms with Crippen LogP contribution in [0.15, 0.2) is 139 Å². The fourth-order valence-corrected chi connectivity index (χ4v) is 15.3. The number of carbonyl (C=O) groups is 9. The molecule has 0 radical (unpaired) electrons. The topological polar surface area (TPSA) is 347 Å². The molecule has 103 heavy (non-hydrogen) atoms. The Labute approximate surface area is 597 Å². The number of likely N-dealkylation sites (tertiary alicyclic amines) is 2. The number of amides is 9. The number of piperidine rings is 1. The van der Waals surface area contributed by atoms with Crippen molar-refractivity contribution >= 4 is 83.0 Å². The molecule has 24 nitrogen and oxygen atoms in total. The number of aliphatic hydroxyl groups excluding tert-OH is 1. The van der Waals surface area contributed by atoms with Gasteiger partial charge in [0.15, 0.2) is 0 Å². The number of thiazole rings is 1. The second-order valence-corrected chi connectivity index (χ2v) is 29.2. The Morgan fingerprint density at radius 2 is 1.47 bits per heavy atom. The number of aromatic amines is 1. The summed E-state index contributed by atoms with van der Waals surface area (Å²) in [7, 11) is -5.96. The minimum absolute atomic E-state index is 0.0126. The SMILES string of the molecule is Cc1ncsc1-c1ccc([C@H](C)NC(=O)[C@@H]2C[C@@H](O)CN2C(=O)C2CCCCN2C(=O)c2ccc(C#CCCCCC(=O)N3CC[C@H]4CC[C@@H](C(=O)NC(CCC(N)=O)C(=O)NC(c5ccccc5)c5ccccc5)N4C(=O)[C@@H](NC(=O)c4cc5cc(C(F)(F)P(=O)(O)O)ccc5[nH]4)C3)cc2)cc1. The Balaban J connectivity index is 0.723. The molecule has 8 atom stereocenters. The average Bonchev–Trinajstić information content (AvgIpc) is 1.72. The lowest BCUT2D eigenvalue weighted by Gasteiger charge is -2.39. The van der Waals surface area contributed by atoms with E-state index in [0.717, 1.165) is 51.0 Å². The average molecular weight is 1450 g/mol. The lowest BCUT2D eigenvalue weighted by molar-refractivity contribution is -0.145. The summed E-state index contributed by atoms with van der Waals surface area (Å²) in [6, 6.07) is 29.3. The van der Waals surface area contributed by atoms with Crippen molar-refractivity contribution < 1.29 is 71.4 Å². The number of unbranched alkanes of at least 4 members (excludes halogenated alkanes) is 2. The van der Waals surface area contributed by atoms with E-state index in [1.54, 1.807) is 46.0 Å². The fraction of sp³-hybridized carbons (Fsp3) is 0.387. The first-order valence-electron chi connectivity index (χ1n) is 34.5. The summed E-state index contributed by atoms with van der Waals surface area (Å²) in [5, 5.41) is 22.4. The quantitative estimate of drug-likeness (QED) is 0.0169. The third-order valence-electron chi connectivity index (χ3n) is 19.6. The van der Waals surface area contributed by atoms with Crippen LogP contribution in [0.1, 0.15) is 157 Å². The first-order chi connectivity index (χ1) is 49.3. The number of benzene rings is 5. The van der Waals surface area contributed by atoms with E-state index in [0.29, 0.717) is 56.2 Å². The highest BCUT2D eigenvalue weighted by Gasteiger charge is 2.51. The lowest BCUT2D eigenvalue weighted by atomic mass is 9.98. The van der Waals surface area contributed by atoms with Crippen molar-refractivity contribution in [3.63, 3.8) is 0 Å². The van der Waals surface area contributed by atoms with Crippen LogP contribution in [-0.2, 0) is 43.8 Å². The highest BCUT2D eigenvalue weighted by molar-refractivity contribution is 7.52. The van der Waals surface area contributed by atoms with E-state index < -0.39 is 115 Å². The summed E-state index contributed by atoms with van der Waals surface area (Å²) < 4.78 is 41.4. The zero-order valence-corrected chi connectivity index (χ0v) is 58.6. The van der Waals surface area contributed by atoms with Crippen molar-refractivity contribution in [2.24, 2.45) is 5.73 Å². The molecule has 0 aliphatic carbocycles. The van der Waals surface area contributed by atoms with Gasteiger partial charge < -0.3 is 66.5 Å². The van der Waals surface area contributed by atoms with Crippen LogP contribution in [0, 0.1) is 18.8 Å². The van der Waals surface area contributed by atoms with E-state index in [2.05, 4.69) is 43.1 Å². The minimum Gasteiger partial charge on any atom is -0.391 e. The van der Waals surface area contributed by atoms with Crippen LogP contribution in [0.5, 0.6) is 0 Å². The van der Waals surface area contributed by atoms with Crippen LogP contribution in [0.4, 0.5) is 8.78 Å². The number of aromatic nitrogens is 2. The molecule has 28 heteroatoms. The predicted octanol–water partition coefficient (Wildman–Crippen LogP) is 7.62. The van der Waals surface area contributed by atoms with E-state index in [4.69, 9.17) is 5.73 Å². The molecule has 7 aromatic rings. The number of hydrogen-bond acceptors (Lipinski definition) is 13. The number of nitrogens with zero attached hydrogens (tertiary/aromatic N) is 5. The molecular weight excluding hydrogens is 1360 g/mol. The second-order valence-electron chi connectivity index (χ2n) is 26.7. The second kappa shape index (κ2) is 32.6. The number of aliphatic hydroxyl groups is 1.